The number of nitrogens with one attached hydrogen (secondary N) is 1. The summed E-state index contributed by atoms with van der Waals surface area (Å²) in [7, 11) is 0. The first kappa shape index (κ1) is 19.4. The number of amides is 1. The molecular formula is C19H17ClN4O4. The first-order valence-electron chi connectivity index (χ1n) is 8.35. The van der Waals surface area contributed by atoms with Gasteiger partial charge in [-0.2, -0.15) is 5.10 Å². The van der Waals surface area contributed by atoms with Gasteiger partial charge in [0.2, 0.25) is 0 Å². The minimum Gasteiger partial charge on any atom is -0.482 e. The minimum absolute atomic E-state index is 0.0614. The number of nitro groups is 1. The summed E-state index contributed by atoms with van der Waals surface area (Å²) in [5.41, 5.74) is 2.79. The summed E-state index contributed by atoms with van der Waals surface area (Å²) in [6.07, 6.45) is 0. The third-order valence-corrected chi connectivity index (χ3v) is 4.34. The number of benzene rings is 2. The summed E-state index contributed by atoms with van der Waals surface area (Å²) in [5.74, 6) is -0.205. The van der Waals surface area contributed by atoms with Crippen LogP contribution in [-0.4, -0.2) is 27.2 Å². The van der Waals surface area contributed by atoms with E-state index in [1.807, 2.05) is 37.3 Å². The fraction of sp³-hybridized carbons (Fsp3) is 0.158. The summed E-state index contributed by atoms with van der Waals surface area (Å²) < 4.78 is 7.13. The molecule has 0 atom stereocenters. The smallest absolute Gasteiger partial charge is 0.271 e. The van der Waals surface area contributed by atoms with Gasteiger partial charge in [-0.05, 0) is 32.0 Å². The second-order valence-electron chi connectivity index (χ2n) is 6.00. The highest BCUT2D eigenvalue weighted by atomic mass is 35.5. The molecule has 0 unspecified atom stereocenters. The molecule has 3 rings (SSSR count). The molecule has 2 aromatic carbocycles. The molecule has 0 fully saturated rings. The van der Waals surface area contributed by atoms with Crippen molar-refractivity contribution in [2.45, 2.75) is 13.8 Å². The molecule has 1 heterocycles. The van der Waals surface area contributed by atoms with Gasteiger partial charge in [0.1, 0.15) is 5.75 Å². The van der Waals surface area contributed by atoms with Crippen LogP contribution in [0.15, 0.2) is 48.5 Å². The Hall–Kier alpha value is -3.39. The van der Waals surface area contributed by atoms with E-state index in [4.69, 9.17) is 16.3 Å². The highest BCUT2D eigenvalue weighted by Crippen LogP contribution is 2.29. The molecule has 144 valence electrons. The molecule has 9 heteroatoms. The van der Waals surface area contributed by atoms with Crippen LogP contribution >= 0.6 is 11.6 Å². The van der Waals surface area contributed by atoms with Gasteiger partial charge in [0.05, 0.1) is 32.7 Å². The second-order valence-corrected chi connectivity index (χ2v) is 6.41. The van der Waals surface area contributed by atoms with E-state index < -0.39 is 10.8 Å². The molecule has 8 nitrogen and oxygen atoms in total. The summed E-state index contributed by atoms with van der Waals surface area (Å²) in [6.45, 7) is 3.36. The number of nitro benzene ring substituents is 1. The van der Waals surface area contributed by atoms with E-state index in [1.165, 1.54) is 18.2 Å². The van der Waals surface area contributed by atoms with E-state index in [2.05, 4.69) is 10.4 Å². The Morgan fingerprint density at radius 3 is 2.61 bits per heavy atom. The highest BCUT2D eigenvalue weighted by Gasteiger charge is 2.16. The number of halogens is 1. The summed E-state index contributed by atoms with van der Waals surface area (Å²) in [4.78, 5) is 22.5. The monoisotopic (exact) mass is 400 g/mol. The first-order valence-corrected chi connectivity index (χ1v) is 8.73. The molecule has 3 aromatic rings. The Bertz CT molecular complexity index is 1030. The summed E-state index contributed by atoms with van der Waals surface area (Å²) >= 11 is 5.96. The molecule has 0 aliphatic heterocycles. The van der Waals surface area contributed by atoms with E-state index in [0.717, 1.165) is 11.4 Å². The number of para-hydroxylation sites is 1. The predicted molar refractivity (Wildman–Crippen MR) is 105 cm³/mol. The number of hydrogen-bond acceptors (Lipinski definition) is 5. The number of rotatable bonds is 6. The molecule has 0 aliphatic rings. The summed E-state index contributed by atoms with van der Waals surface area (Å²) in [6, 6.07) is 13.4. The first-order chi connectivity index (χ1) is 13.4. The topological polar surface area (TPSA) is 99.3 Å². The van der Waals surface area contributed by atoms with Crippen LogP contribution in [-0.2, 0) is 4.79 Å². The van der Waals surface area contributed by atoms with Gasteiger partial charge in [-0.25, -0.2) is 4.68 Å². The van der Waals surface area contributed by atoms with E-state index in [1.54, 1.807) is 11.6 Å². The van der Waals surface area contributed by atoms with Crippen molar-refractivity contribution in [2.24, 2.45) is 0 Å². The van der Waals surface area contributed by atoms with Gasteiger partial charge in [-0.15, -0.1) is 0 Å². The maximum absolute atomic E-state index is 12.3. The van der Waals surface area contributed by atoms with Gasteiger partial charge in [-0.3, -0.25) is 14.9 Å². The maximum Gasteiger partial charge on any atom is 0.271 e. The van der Waals surface area contributed by atoms with Crippen molar-refractivity contribution in [1.82, 2.24) is 9.78 Å². The van der Waals surface area contributed by atoms with E-state index in [9.17, 15) is 14.9 Å². The lowest BCUT2D eigenvalue weighted by molar-refractivity contribution is -0.384. The van der Waals surface area contributed by atoms with Crippen molar-refractivity contribution in [3.8, 4) is 11.4 Å². The zero-order valence-electron chi connectivity index (χ0n) is 15.2. The highest BCUT2D eigenvalue weighted by molar-refractivity contribution is 6.32. The van der Waals surface area contributed by atoms with E-state index in [0.29, 0.717) is 11.4 Å². The van der Waals surface area contributed by atoms with Crippen LogP contribution in [0.3, 0.4) is 0 Å². The summed E-state index contributed by atoms with van der Waals surface area (Å²) in [5, 5.41) is 18.1. The van der Waals surface area contributed by atoms with E-state index in [-0.39, 0.29) is 23.1 Å². The molecule has 0 spiro atoms. The van der Waals surface area contributed by atoms with E-state index >= 15 is 0 Å². The standard InChI is InChI=1S/C19H17ClN4O4/c1-12-19(13(2)23(22-12)14-6-4-3-5-7-14)21-18(25)11-28-17-9-8-15(24(26)27)10-16(17)20/h3-10H,11H2,1-2H3,(H,21,25). The van der Waals surface area contributed by atoms with Crippen molar-refractivity contribution >= 4 is 28.9 Å². The average molecular weight is 401 g/mol. The lowest BCUT2D eigenvalue weighted by Gasteiger charge is -2.09. The van der Waals surface area contributed by atoms with Crippen molar-refractivity contribution in [3.05, 3.63) is 75.1 Å². The van der Waals surface area contributed by atoms with Gasteiger partial charge >= 0.3 is 0 Å². The number of aromatic nitrogens is 2. The number of ether oxygens (including phenoxy) is 1. The third kappa shape index (κ3) is 4.12. The Labute approximate surface area is 165 Å². The fourth-order valence-corrected chi connectivity index (χ4v) is 2.91. The number of anilines is 1. The molecule has 0 aliphatic carbocycles. The van der Waals surface area contributed by atoms with Crippen molar-refractivity contribution < 1.29 is 14.5 Å². The van der Waals surface area contributed by atoms with Gasteiger partial charge in [0, 0.05) is 12.1 Å². The maximum atomic E-state index is 12.3. The van der Waals surface area contributed by atoms with Gasteiger partial charge < -0.3 is 10.1 Å². The van der Waals surface area contributed by atoms with Crippen molar-refractivity contribution in [2.75, 3.05) is 11.9 Å². The molecule has 0 bridgehead atoms. The van der Waals surface area contributed by atoms with Gasteiger partial charge in [-0.1, -0.05) is 29.8 Å². The quantitative estimate of drug-likeness (QED) is 0.496. The van der Waals surface area contributed by atoms with Crippen LogP contribution < -0.4 is 10.1 Å². The van der Waals surface area contributed by atoms with Crippen LogP contribution in [0.1, 0.15) is 11.4 Å². The number of nitrogens with zero attached hydrogens (tertiary/aromatic N) is 3. The lowest BCUT2D eigenvalue weighted by atomic mass is 10.3. The van der Waals surface area contributed by atoms with Gasteiger partial charge in [0.25, 0.3) is 11.6 Å². The fourth-order valence-electron chi connectivity index (χ4n) is 2.68. The molecule has 28 heavy (non-hydrogen) atoms. The number of carbonyl (C=O) groups is 1. The Kier molecular flexibility index (Phi) is 5.60. The largest absolute Gasteiger partial charge is 0.482 e. The SMILES string of the molecule is Cc1nn(-c2ccccc2)c(C)c1NC(=O)COc1ccc([N+](=O)[O-])cc1Cl. The number of hydrogen-bond donors (Lipinski definition) is 1. The zero-order chi connectivity index (χ0) is 20.3. The molecule has 0 radical (unpaired) electrons. The molecule has 0 saturated heterocycles. The van der Waals surface area contributed by atoms with Crippen LogP contribution in [0.25, 0.3) is 5.69 Å². The zero-order valence-corrected chi connectivity index (χ0v) is 15.9. The van der Waals surface area contributed by atoms with Crippen LogP contribution in [0.5, 0.6) is 5.75 Å². The predicted octanol–water partition coefficient (Wildman–Crippen LogP) is 4.07. The molecule has 1 N–H and O–H groups in total. The number of non-ortho nitro benzene ring substituents is 1. The van der Waals surface area contributed by atoms with Gasteiger partial charge in [0.15, 0.2) is 6.61 Å². The normalized spacial score (nSPS) is 10.5. The van der Waals surface area contributed by atoms with Crippen LogP contribution in [0, 0.1) is 24.0 Å². The minimum atomic E-state index is -0.557. The van der Waals surface area contributed by atoms with Crippen LogP contribution in [0.4, 0.5) is 11.4 Å². The Balaban J connectivity index is 1.69. The average Bonchev–Trinajstić information content (AvgIpc) is 2.95. The number of carbonyl (C=O) groups excluding carboxylic acids is 1. The molecule has 1 aromatic heterocycles. The van der Waals surface area contributed by atoms with Crippen LogP contribution in [0.2, 0.25) is 5.02 Å². The number of aryl methyl sites for hydroxylation is 1. The molecular weight excluding hydrogens is 384 g/mol. The third-order valence-electron chi connectivity index (χ3n) is 4.04. The lowest BCUT2D eigenvalue weighted by Crippen LogP contribution is -2.21. The Morgan fingerprint density at radius 1 is 1.25 bits per heavy atom. The van der Waals surface area contributed by atoms with Crippen molar-refractivity contribution in [3.63, 3.8) is 0 Å². The second kappa shape index (κ2) is 8.10. The molecule has 1 amide bonds. The van der Waals surface area contributed by atoms with Crippen molar-refractivity contribution in [1.29, 1.82) is 0 Å². The molecule has 0 saturated carbocycles. The Morgan fingerprint density at radius 2 is 1.96 bits per heavy atom.